The lowest BCUT2D eigenvalue weighted by molar-refractivity contribution is 0.110. The third kappa shape index (κ3) is 4.71. The number of rotatable bonds is 7. The molecule has 1 aromatic heterocycles. The van der Waals surface area contributed by atoms with Crippen molar-refractivity contribution in [2.45, 2.75) is 46.0 Å². The number of pyridine rings is 1. The first-order chi connectivity index (χ1) is 10.2. The summed E-state index contributed by atoms with van der Waals surface area (Å²) in [6.07, 6.45) is 5.43. The standard InChI is InChI=1S/C17H25N3O/c1-13(2)12-21-9-5-8-19-17-15(11-18)10-14-6-3-4-7-16(14)20-17/h10,13H,3-9,12H2,1-2H3,(H,19,20). The van der Waals surface area contributed by atoms with E-state index >= 15 is 0 Å². The number of fused-ring (bicyclic) bond motifs is 1. The molecule has 2 rings (SSSR count). The summed E-state index contributed by atoms with van der Waals surface area (Å²) in [5.74, 6) is 1.31. The molecule has 0 atom stereocenters. The van der Waals surface area contributed by atoms with Crippen LogP contribution in [0, 0.1) is 17.2 Å². The van der Waals surface area contributed by atoms with E-state index in [0.29, 0.717) is 11.5 Å². The van der Waals surface area contributed by atoms with E-state index < -0.39 is 0 Å². The largest absolute Gasteiger partial charge is 0.381 e. The van der Waals surface area contributed by atoms with E-state index in [1.165, 1.54) is 24.1 Å². The summed E-state index contributed by atoms with van der Waals surface area (Å²) in [6, 6.07) is 4.27. The highest BCUT2D eigenvalue weighted by Gasteiger charge is 2.14. The Kier molecular flexibility index (Phi) is 6.01. The van der Waals surface area contributed by atoms with Gasteiger partial charge in [0.25, 0.3) is 0 Å². The summed E-state index contributed by atoms with van der Waals surface area (Å²) in [5, 5.41) is 12.6. The average Bonchev–Trinajstić information content (AvgIpc) is 2.49. The molecule has 1 N–H and O–H groups in total. The third-order valence-corrected chi connectivity index (χ3v) is 3.63. The molecule has 0 aliphatic heterocycles. The van der Waals surface area contributed by atoms with Crippen LogP contribution in [0.2, 0.25) is 0 Å². The Balaban J connectivity index is 1.86. The SMILES string of the molecule is CC(C)COCCCNc1nc2c(cc1C#N)CCCC2. The summed E-state index contributed by atoms with van der Waals surface area (Å²) < 4.78 is 5.55. The van der Waals surface area contributed by atoms with Crippen molar-refractivity contribution >= 4 is 5.82 Å². The first kappa shape index (κ1) is 15.8. The van der Waals surface area contributed by atoms with Crippen LogP contribution in [0.5, 0.6) is 0 Å². The molecule has 1 aliphatic carbocycles. The Bertz CT molecular complexity index is 505. The van der Waals surface area contributed by atoms with Crippen LogP contribution in [0.15, 0.2) is 6.07 Å². The van der Waals surface area contributed by atoms with E-state index in [4.69, 9.17) is 4.74 Å². The molecule has 0 radical (unpaired) electrons. The first-order valence-electron chi connectivity index (χ1n) is 7.95. The van der Waals surface area contributed by atoms with Crippen LogP contribution in [0.1, 0.15) is 49.9 Å². The maximum absolute atomic E-state index is 9.27. The normalized spacial score (nSPS) is 13.8. The molecule has 0 unspecified atom stereocenters. The zero-order chi connectivity index (χ0) is 15.1. The molecule has 1 heterocycles. The Morgan fingerprint density at radius 2 is 2.19 bits per heavy atom. The summed E-state index contributed by atoms with van der Waals surface area (Å²) in [6.45, 7) is 6.64. The van der Waals surface area contributed by atoms with Gasteiger partial charge in [-0.1, -0.05) is 13.8 Å². The van der Waals surface area contributed by atoms with Gasteiger partial charge in [-0.25, -0.2) is 4.98 Å². The van der Waals surface area contributed by atoms with E-state index in [9.17, 15) is 5.26 Å². The van der Waals surface area contributed by atoms with Gasteiger partial charge in [-0.3, -0.25) is 0 Å². The van der Waals surface area contributed by atoms with E-state index in [1.807, 2.05) is 6.07 Å². The van der Waals surface area contributed by atoms with Gasteiger partial charge < -0.3 is 10.1 Å². The molecule has 0 spiro atoms. The number of nitriles is 1. The van der Waals surface area contributed by atoms with Gasteiger partial charge in [-0.2, -0.15) is 5.26 Å². The summed E-state index contributed by atoms with van der Waals surface area (Å²) in [5.41, 5.74) is 3.08. The molecule has 4 nitrogen and oxygen atoms in total. The number of hydrogen-bond acceptors (Lipinski definition) is 4. The Hall–Kier alpha value is -1.60. The van der Waals surface area contributed by atoms with Crippen molar-refractivity contribution in [2.24, 2.45) is 5.92 Å². The fraction of sp³-hybridized carbons (Fsp3) is 0.647. The van der Waals surface area contributed by atoms with Gasteiger partial charge in [0.2, 0.25) is 0 Å². The quantitative estimate of drug-likeness (QED) is 0.782. The van der Waals surface area contributed by atoms with E-state index in [0.717, 1.165) is 44.8 Å². The van der Waals surface area contributed by atoms with Crippen molar-refractivity contribution in [3.63, 3.8) is 0 Å². The van der Waals surface area contributed by atoms with E-state index in [-0.39, 0.29) is 0 Å². The molecule has 21 heavy (non-hydrogen) atoms. The van der Waals surface area contributed by atoms with E-state index in [2.05, 4.69) is 30.2 Å². The van der Waals surface area contributed by atoms with Crippen LogP contribution in [0.4, 0.5) is 5.82 Å². The second-order valence-corrected chi connectivity index (χ2v) is 6.06. The van der Waals surface area contributed by atoms with Crippen molar-refractivity contribution < 1.29 is 4.74 Å². The van der Waals surface area contributed by atoms with Gasteiger partial charge in [0.15, 0.2) is 0 Å². The summed E-state index contributed by atoms with van der Waals surface area (Å²) in [4.78, 5) is 4.66. The zero-order valence-electron chi connectivity index (χ0n) is 13.1. The van der Waals surface area contributed by atoms with Crippen LogP contribution >= 0.6 is 0 Å². The average molecular weight is 287 g/mol. The Morgan fingerprint density at radius 1 is 1.38 bits per heavy atom. The maximum atomic E-state index is 9.27. The first-order valence-corrected chi connectivity index (χ1v) is 7.95. The van der Waals surface area contributed by atoms with Crippen molar-refractivity contribution in [2.75, 3.05) is 25.1 Å². The molecule has 4 heteroatoms. The maximum Gasteiger partial charge on any atom is 0.144 e. The number of ether oxygens (including phenoxy) is 1. The van der Waals surface area contributed by atoms with Gasteiger partial charge in [0.1, 0.15) is 11.9 Å². The molecule has 114 valence electrons. The van der Waals surface area contributed by atoms with Crippen molar-refractivity contribution in [3.05, 3.63) is 22.9 Å². The summed E-state index contributed by atoms with van der Waals surface area (Å²) >= 11 is 0. The molecule has 0 saturated carbocycles. The second kappa shape index (κ2) is 7.99. The number of nitrogens with one attached hydrogen (secondary N) is 1. The van der Waals surface area contributed by atoms with Gasteiger partial charge >= 0.3 is 0 Å². The molecular formula is C17H25N3O. The Morgan fingerprint density at radius 3 is 2.95 bits per heavy atom. The monoisotopic (exact) mass is 287 g/mol. The molecule has 0 amide bonds. The molecule has 1 aromatic rings. The van der Waals surface area contributed by atoms with E-state index in [1.54, 1.807) is 0 Å². The number of aromatic nitrogens is 1. The molecule has 0 fully saturated rings. The fourth-order valence-corrected chi connectivity index (χ4v) is 2.55. The number of anilines is 1. The van der Waals surface area contributed by atoms with Gasteiger partial charge in [-0.15, -0.1) is 0 Å². The third-order valence-electron chi connectivity index (χ3n) is 3.63. The topological polar surface area (TPSA) is 57.9 Å². The lowest BCUT2D eigenvalue weighted by atomic mass is 9.95. The van der Waals surface area contributed by atoms with Crippen LogP contribution < -0.4 is 5.32 Å². The predicted octanol–water partition coefficient (Wildman–Crippen LogP) is 3.31. The van der Waals surface area contributed by atoms with Crippen LogP contribution in [0.3, 0.4) is 0 Å². The zero-order valence-corrected chi connectivity index (χ0v) is 13.1. The van der Waals surface area contributed by atoms with Crippen LogP contribution in [-0.4, -0.2) is 24.7 Å². The molecule has 1 aliphatic rings. The highest BCUT2D eigenvalue weighted by Crippen LogP contribution is 2.24. The number of hydrogen-bond donors (Lipinski definition) is 1. The lowest BCUT2D eigenvalue weighted by Crippen LogP contribution is -2.13. The smallest absolute Gasteiger partial charge is 0.144 e. The van der Waals surface area contributed by atoms with Crippen molar-refractivity contribution in [3.8, 4) is 6.07 Å². The van der Waals surface area contributed by atoms with Crippen molar-refractivity contribution in [1.29, 1.82) is 5.26 Å². The Labute approximate surface area is 127 Å². The van der Waals surface area contributed by atoms with Crippen LogP contribution in [0.25, 0.3) is 0 Å². The lowest BCUT2D eigenvalue weighted by Gasteiger charge is -2.17. The van der Waals surface area contributed by atoms with Gasteiger partial charge in [-0.05, 0) is 49.7 Å². The minimum absolute atomic E-state index is 0.575. The minimum Gasteiger partial charge on any atom is -0.381 e. The summed E-state index contributed by atoms with van der Waals surface area (Å²) in [7, 11) is 0. The molecular weight excluding hydrogens is 262 g/mol. The number of aryl methyl sites for hydroxylation is 2. The molecule has 0 aromatic carbocycles. The fourth-order valence-electron chi connectivity index (χ4n) is 2.55. The minimum atomic E-state index is 0.575. The molecule has 0 saturated heterocycles. The highest BCUT2D eigenvalue weighted by atomic mass is 16.5. The van der Waals surface area contributed by atoms with Gasteiger partial charge in [0, 0.05) is 25.5 Å². The van der Waals surface area contributed by atoms with Crippen molar-refractivity contribution in [1.82, 2.24) is 4.98 Å². The van der Waals surface area contributed by atoms with Gasteiger partial charge in [0.05, 0.1) is 5.56 Å². The number of nitrogens with zero attached hydrogens (tertiary/aromatic N) is 2. The second-order valence-electron chi connectivity index (χ2n) is 6.06. The highest BCUT2D eigenvalue weighted by molar-refractivity contribution is 5.54. The predicted molar refractivity (Wildman–Crippen MR) is 84.4 cm³/mol. The molecule has 0 bridgehead atoms. The van der Waals surface area contributed by atoms with Crippen LogP contribution in [-0.2, 0) is 17.6 Å².